The van der Waals surface area contributed by atoms with E-state index in [-0.39, 0.29) is 11.4 Å². The molecule has 1 heterocycles. The zero-order chi connectivity index (χ0) is 11.7. The molecular weight excluding hydrogens is 206 g/mol. The number of nitrogens with zero attached hydrogens (tertiary/aromatic N) is 1. The van der Waals surface area contributed by atoms with Gasteiger partial charge < -0.3 is 15.1 Å². The van der Waals surface area contributed by atoms with Crippen LogP contribution >= 0.6 is 0 Å². The second kappa shape index (κ2) is 10.9. The maximum atomic E-state index is 11.5. The standard InChI is InChI=1S/C9H17NO2.C3H8.H2O/c1-8(2)7-9(11)10-3-5-12-6-4-10;1-3-2;/h8H,3-7H2,1-2H3;3H2,1-2H3;1H2. The van der Waals surface area contributed by atoms with Gasteiger partial charge in [0.15, 0.2) is 0 Å². The lowest BCUT2D eigenvalue weighted by molar-refractivity contribution is -0.136. The second-order valence-electron chi connectivity index (χ2n) is 4.30. The first-order chi connectivity index (χ1) is 7.11. The van der Waals surface area contributed by atoms with Crippen molar-refractivity contribution in [2.75, 3.05) is 26.3 Å². The average Bonchev–Trinajstić information content (AvgIpc) is 2.19. The molecule has 0 aliphatic carbocycles. The molecule has 0 spiro atoms. The van der Waals surface area contributed by atoms with Gasteiger partial charge >= 0.3 is 0 Å². The summed E-state index contributed by atoms with van der Waals surface area (Å²) < 4.78 is 5.16. The Morgan fingerprint density at radius 3 is 2.06 bits per heavy atom. The lowest BCUT2D eigenvalue weighted by atomic mass is 10.1. The van der Waals surface area contributed by atoms with Gasteiger partial charge in [-0.25, -0.2) is 0 Å². The number of morpholine rings is 1. The zero-order valence-corrected chi connectivity index (χ0v) is 11.1. The van der Waals surface area contributed by atoms with Crippen LogP contribution in [0.15, 0.2) is 0 Å². The van der Waals surface area contributed by atoms with Gasteiger partial charge in [0.05, 0.1) is 13.2 Å². The molecule has 0 radical (unpaired) electrons. The molecule has 16 heavy (non-hydrogen) atoms. The van der Waals surface area contributed by atoms with E-state index in [1.807, 2.05) is 4.90 Å². The second-order valence-corrected chi connectivity index (χ2v) is 4.30. The van der Waals surface area contributed by atoms with E-state index >= 15 is 0 Å². The molecular formula is C12H27NO3. The molecule has 0 bridgehead atoms. The molecule has 0 aromatic rings. The highest BCUT2D eigenvalue weighted by molar-refractivity contribution is 5.76. The van der Waals surface area contributed by atoms with Crippen LogP contribution in [0.1, 0.15) is 40.5 Å². The number of rotatable bonds is 2. The summed E-state index contributed by atoms with van der Waals surface area (Å²) in [4.78, 5) is 13.4. The Labute approximate surface area is 99.3 Å². The van der Waals surface area contributed by atoms with Crippen molar-refractivity contribution < 1.29 is 15.0 Å². The van der Waals surface area contributed by atoms with Crippen LogP contribution in [0.2, 0.25) is 0 Å². The van der Waals surface area contributed by atoms with E-state index in [1.54, 1.807) is 0 Å². The molecule has 1 amide bonds. The molecule has 1 aliphatic rings. The van der Waals surface area contributed by atoms with Crippen molar-refractivity contribution in [3.05, 3.63) is 0 Å². The lowest BCUT2D eigenvalue weighted by Gasteiger charge is -2.27. The smallest absolute Gasteiger partial charge is 0.222 e. The molecule has 98 valence electrons. The molecule has 0 saturated carbocycles. The summed E-state index contributed by atoms with van der Waals surface area (Å²) in [6.07, 6.45) is 1.92. The molecule has 4 heteroatoms. The van der Waals surface area contributed by atoms with Gasteiger partial charge in [-0.15, -0.1) is 0 Å². The van der Waals surface area contributed by atoms with Crippen molar-refractivity contribution in [2.45, 2.75) is 40.5 Å². The van der Waals surface area contributed by atoms with Crippen LogP contribution < -0.4 is 0 Å². The van der Waals surface area contributed by atoms with Gasteiger partial charge in [0.1, 0.15) is 0 Å². The summed E-state index contributed by atoms with van der Waals surface area (Å²) in [6, 6.07) is 0. The number of ether oxygens (including phenoxy) is 1. The first-order valence-electron chi connectivity index (χ1n) is 5.97. The van der Waals surface area contributed by atoms with Crippen molar-refractivity contribution in [1.29, 1.82) is 0 Å². The summed E-state index contributed by atoms with van der Waals surface area (Å²) in [5.74, 6) is 0.730. The fraction of sp³-hybridized carbons (Fsp3) is 0.917. The van der Waals surface area contributed by atoms with E-state index in [2.05, 4.69) is 27.7 Å². The third-order valence-electron chi connectivity index (χ3n) is 1.95. The van der Waals surface area contributed by atoms with E-state index in [9.17, 15) is 4.79 Å². The van der Waals surface area contributed by atoms with E-state index in [0.717, 1.165) is 13.1 Å². The largest absolute Gasteiger partial charge is 0.412 e. The molecule has 1 aliphatic heterocycles. The molecule has 1 saturated heterocycles. The van der Waals surface area contributed by atoms with Gasteiger partial charge in [-0.3, -0.25) is 4.79 Å². The molecule has 0 aromatic carbocycles. The van der Waals surface area contributed by atoms with Crippen molar-refractivity contribution >= 4 is 5.91 Å². The number of carbonyl (C=O) groups is 1. The summed E-state index contributed by atoms with van der Waals surface area (Å²) in [7, 11) is 0. The van der Waals surface area contributed by atoms with Crippen LogP contribution in [0.25, 0.3) is 0 Å². The normalized spacial score (nSPS) is 14.9. The molecule has 1 rings (SSSR count). The Morgan fingerprint density at radius 1 is 1.25 bits per heavy atom. The van der Waals surface area contributed by atoms with Gasteiger partial charge in [0.2, 0.25) is 5.91 Å². The van der Waals surface area contributed by atoms with Gasteiger partial charge in [0, 0.05) is 19.5 Å². The van der Waals surface area contributed by atoms with Gasteiger partial charge in [-0.05, 0) is 5.92 Å². The van der Waals surface area contributed by atoms with Crippen molar-refractivity contribution in [2.24, 2.45) is 5.92 Å². The topological polar surface area (TPSA) is 61.0 Å². The Balaban J connectivity index is 0. The molecule has 0 aromatic heterocycles. The first-order valence-corrected chi connectivity index (χ1v) is 5.97. The molecule has 0 atom stereocenters. The van der Waals surface area contributed by atoms with Gasteiger partial charge in [-0.1, -0.05) is 34.1 Å². The predicted octanol–water partition coefficient (Wildman–Crippen LogP) is 1.48. The SMILES string of the molecule is CC(C)CC(=O)N1CCOCC1.CCC.O. The molecule has 2 N–H and O–H groups in total. The summed E-state index contributed by atoms with van der Waals surface area (Å²) in [6.45, 7) is 11.3. The fourth-order valence-corrected chi connectivity index (χ4v) is 1.29. The Hall–Kier alpha value is -0.610. The maximum Gasteiger partial charge on any atom is 0.222 e. The fourth-order valence-electron chi connectivity index (χ4n) is 1.29. The van der Waals surface area contributed by atoms with Crippen LogP contribution in [-0.4, -0.2) is 42.6 Å². The first kappa shape index (κ1) is 17.8. The van der Waals surface area contributed by atoms with Crippen LogP contribution in [0.5, 0.6) is 0 Å². The minimum atomic E-state index is 0. The summed E-state index contributed by atoms with van der Waals surface area (Å²) in [5, 5.41) is 0. The molecule has 0 unspecified atom stereocenters. The minimum absolute atomic E-state index is 0. The molecule has 1 fully saturated rings. The van der Waals surface area contributed by atoms with Gasteiger partial charge in [0.25, 0.3) is 0 Å². The maximum absolute atomic E-state index is 11.5. The third-order valence-corrected chi connectivity index (χ3v) is 1.95. The summed E-state index contributed by atoms with van der Waals surface area (Å²) in [5.41, 5.74) is 0. The van der Waals surface area contributed by atoms with E-state index in [1.165, 1.54) is 6.42 Å². The van der Waals surface area contributed by atoms with Crippen molar-refractivity contribution in [3.8, 4) is 0 Å². The van der Waals surface area contributed by atoms with Crippen molar-refractivity contribution in [1.82, 2.24) is 4.90 Å². The quantitative estimate of drug-likeness (QED) is 0.725. The summed E-state index contributed by atoms with van der Waals surface area (Å²) >= 11 is 0. The molecule has 4 nitrogen and oxygen atoms in total. The van der Waals surface area contributed by atoms with E-state index in [0.29, 0.717) is 25.6 Å². The van der Waals surface area contributed by atoms with Crippen LogP contribution in [0.3, 0.4) is 0 Å². The highest BCUT2D eigenvalue weighted by Crippen LogP contribution is 2.05. The van der Waals surface area contributed by atoms with E-state index < -0.39 is 0 Å². The predicted molar refractivity (Wildman–Crippen MR) is 66.4 cm³/mol. The third kappa shape index (κ3) is 8.68. The number of hydrogen-bond donors (Lipinski definition) is 0. The van der Waals surface area contributed by atoms with E-state index in [4.69, 9.17) is 4.74 Å². The van der Waals surface area contributed by atoms with Crippen molar-refractivity contribution in [3.63, 3.8) is 0 Å². The highest BCUT2D eigenvalue weighted by Gasteiger charge is 2.16. The average molecular weight is 233 g/mol. The number of hydrogen-bond acceptors (Lipinski definition) is 2. The minimum Gasteiger partial charge on any atom is -0.412 e. The number of amides is 1. The Morgan fingerprint density at radius 2 is 1.69 bits per heavy atom. The highest BCUT2D eigenvalue weighted by atomic mass is 16.5. The van der Waals surface area contributed by atoms with Crippen LogP contribution in [-0.2, 0) is 9.53 Å². The number of carbonyl (C=O) groups excluding carboxylic acids is 1. The lowest BCUT2D eigenvalue weighted by Crippen LogP contribution is -2.41. The van der Waals surface area contributed by atoms with Crippen LogP contribution in [0, 0.1) is 5.92 Å². The Kier molecular flexibility index (Phi) is 12.1. The zero-order valence-electron chi connectivity index (χ0n) is 11.1. The Bertz CT molecular complexity index is 166. The van der Waals surface area contributed by atoms with Crippen LogP contribution in [0.4, 0.5) is 0 Å². The van der Waals surface area contributed by atoms with Gasteiger partial charge in [-0.2, -0.15) is 0 Å². The monoisotopic (exact) mass is 233 g/mol.